The number of nitrogens with one attached hydrogen (secondary N) is 1. The normalized spacial score (nSPS) is 23.8. The van der Waals surface area contributed by atoms with Crippen molar-refractivity contribution in [1.29, 1.82) is 0 Å². The van der Waals surface area contributed by atoms with Gasteiger partial charge in [0.05, 0.1) is 7.11 Å². The molecule has 1 unspecified atom stereocenters. The highest BCUT2D eigenvalue weighted by Gasteiger charge is 2.39. The van der Waals surface area contributed by atoms with Crippen LogP contribution in [0.2, 0.25) is 0 Å². The summed E-state index contributed by atoms with van der Waals surface area (Å²) in [7, 11) is 1.27. The van der Waals surface area contributed by atoms with Gasteiger partial charge in [0.15, 0.2) is 0 Å². The first kappa shape index (κ1) is 9.08. The highest BCUT2D eigenvalue weighted by Crippen LogP contribution is 2.26. The van der Waals surface area contributed by atoms with E-state index in [1.807, 2.05) is 0 Å². The second kappa shape index (κ2) is 2.80. The minimum absolute atomic E-state index is 0.00447. The molecule has 1 atom stereocenters. The maximum absolute atomic E-state index is 12.0. The van der Waals surface area contributed by atoms with Crippen LogP contribution in [0.1, 0.15) is 0 Å². The summed E-state index contributed by atoms with van der Waals surface area (Å²) in [6, 6.07) is 0. The van der Waals surface area contributed by atoms with Gasteiger partial charge in [-0.2, -0.15) is 18.0 Å². The van der Waals surface area contributed by atoms with Gasteiger partial charge in [-0.05, 0) is 0 Å². The largest absolute Gasteiger partial charge is 0.421 e. The van der Waals surface area contributed by atoms with Gasteiger partial charge < -0.3 is 5.73 Å². The monoisotopic (exact) mass is 181 g/mol. The van der Waals surface area contributed by atoms with Gasteiger partial charge in [-0.15, -0.1) is 5.06 Å². The first-order valence-electron chi connectivity index (χ1n) is 3.12. The van der Waals surface area contributed by atoms with Gasteiger partial charge in [-0.25, -0.2) is 0 Å². The van der Waals surface area contributed by atoms with Crippen molar-refractivity contribution < 1.29 is 23.1 Å². The molecule has 0 fully saturated rings. The fourth-order valence-electron chi connectivity index (χ4n) is 0.845. The highest BCUT2D eigenvalue weighted by molar-refractivity contribution is 5.25. The molecule has 1 aliphatic heterocycles. The maximum atomic E-state index is 12.0. The van der Waals surface area contributed by atoms with Crippen LogP contribution in [-0.4, -0.2) is 13.3 Å². The van der Waals surface area contributed by atoms with Crippen LogP contribution >= 0.6 is 0 Å². The van der Waals surface area contributed by atoms with Crippen molar-refractivity contribution in [3.8, 4) is 0 Å². The van der Waals surface area contributed by atoms with Gasteiger partial charge in [-0.1, -0.05) is 0 Å². The number of rotatable bonds is 1. The zero-order chi connectivity index (χ0) is 9.35. The number of alkyl halides is 3. The Kier molecular flexibility index (Phi) is 2.12. The second-order valence-corrected chi connectivity index (χ2v) is 2.27. The molecule has 0 saturated carbocycles. The van der Waals surface area contributed by atoms with Crippen molar-refractivity contribution in [2.75, 3.05) is 7.11 Å². The molecule has 3 N–H and O–H groups in total. The van der Waals surface area contributed by atoms with Crippen molar-refractivity contribution in [3.63, 3.8) is 0 Å². The Morgan fingerprint density at radius 1 is 1.50 bits per heavy atom. The summed E-state index contributed by atoms with van der Waals surface area (Å²) in [5.74, 6) is 0.00447. The lowest BCUT2D eigenvalue weighted by Gasteiger charge is -2.04. The first-order chi connectivity index (χ1) is 5.45. The molecule has 0 aliphatic carbocycles. The van der Waals surface area contributed by atoms with E-state index in [1.165, 1.54) is 7.11 Å². The number of hydroxylamine groups is 2. The summed E-state index contributed by atoms with van der Waals surface area (Å²) in [6.07, 6.45) is -2.64. The van der Waals surface area contributed by atoms with Crippen molar-refractivity contribution in [2.45, 2.75) is 6.18 Å². The lowest BCUT2D eigenvalue weighted by atomic mass is 10.3. The quantitative estimate of drug-likeness (QED) is 0.582. The SMILES string of the molecule is CO[NH+]1C=C(C(F)(F)F)C=C1N. The number of allylic oxidation sites excluding steroid dienone is 2. The van der Waals surface area contributed by atoms with Gasteiger partial charge in [0.25, 0.3) is 0 Å². The number of quaternary nitrogens is 1. The summed E-state index contributed by atoms with van der Waals surface area (Å²) in [5, 5.41) is 0.0577. The van der Waals surface area contributed by atoms with Crippen LogP contribution in [0, 0.1) is 0 Å². The molecule has 0 saturated heterocycles. The van der Waals surface area contributed by atoms with Crippen LogP contribution in [0.4, 0.5) is 13.2 Å². The molecule has 0 spiro atoms. The lowest BCUT2D eigenvalue weighted by molar-refractivity contribution is -1.01. The fraction of sp³-hybridized carbons (Fsp3) is 0.333. The molecule has 0 aromatic rings. The number of hydrogen-bond donors (Lipinski definition) is 2. The van der Waals surface area contributed by atoms with E-state index >= 15 is 0 Å². The predicted molar refractivity (Wildman–Crippen MR) is 34.4 cm³/mol. The van der Waals surface area contributed by atoms with Crippen LogP contribution in [0.15, 0.2) is 23.7 Å². The van der Waals surface area contributed by atoms with E-state index in [2.05, 4.69) is 4.84 Å². The Balaban J connectivity index is 2.85. The van der Waals surface area contributed by atoms with E-state index in [0.29, 0.717) is 0 Å². The van der Waals surface area contributed by atoms with Gasteiger partial charge in [-0.3, -0.25) is 0 Å². The summed E-state index contributed by atoms with van der Waals surface area (Å²) in [5.41, 5.74) is 4.44. The molecule has 6 heteroatoms. The summed E-state index contributed by atoms with van der Waals surface area (Å²) >= 11 is 0. The molecular formula is C6H8F3N2O+. The predicted octanol–water partition coefficient (Wildman–Crippen LogP) is -0.307. The molecule has 1 aliphatic rings. The molecule has 0 radical (unpaired) electrons. The Labute approximate surface area is 66.8 Å². The van der Waals surface area contributed by atoms with E-state index in [9.17, 15) is 13.2 Å². The summed E-state index contributed by atoms with van der Waals surface area (Å²) < 4.78 is 36.0. The standard InChI is InChI=1S/C6H7F3N2O/c1-12-11-3-4(2-5(11)10)6(7,8)9/h2-3H,10H2,1H3/p+1. The minimum atomic E-state index is -4.36. The van der Waals surface area contributed by atoms with Crippen molar-refractivity contribution >= 4 is 0 Å². The molecule has 0 amide bonds. The Bertz CT molecular complexity index is 244. The fourth-order valence-corrected chi connectivity index (χ4v) is 0.845. The zero-order valence-electron chi connectivity index (χ0n) is 6.27. The van der Waals surface area contributed by atoms with Gasteiger partial charge >= 0.3 is 6.18 Å². The van der Waals surface area contributed by atoms with Crippen molar-refractivity contribution in [3.05, 3.63) is 23.7 Å². The van der Waals surface area contributed by atoms with E-state index in [0.717, 1.165) is 12.3 Å². The van der Waals surface area contributed by atoms with Gasteiger partial charge in [0, 0.05) is 6.08 Å². The Morgan fingerprint density at radius 2 is 2.08 bits per heavy atom. The van der Waals surface area contributed by atoms with E-state index in [1.54, 1.807) is 0 Å². The van der Waals surface area contributed by atoms with Crippen molar-refractivity contribution in [1.82, 2.24) is 0 Å². The van der Waals surface area contributed by atoms with Gasteiger partial charge in [0.1, 0.15) is 11.8 Å². The highest BCUT2D eigenvalue weighted by atomic mass is 19.4. The zero-order valence-corrected chi connectivity index (χ0v) is 6.27. The van der Waals surface area contributed by atoms with Crippen LogP contribution in [-0.2, 0) is 4.84 Å². The first-order valence-corrected chi connectivity index (χ1v) is 3.12. The smallest absolute Gasteiger partial charge is 0.352 e. The molecular weight excluding hydrogens is 173 g/mol. The molecule has 0 aromatic carbocycles. The van der Waals surface area contributed by atoms with Crippen LogP contribution in [0.5, 0.6) is 0 Å². The summed E-state index contributed by atoms with van der Waals surface area (Å²) in [6.45, 7) is 0. The molecule has 3 nitrogen and oxygen atoms in total. The number of nitrogens with two attached hydrogens (primary N) is 1. The average molecular weight is 181 g/mol. The third kappa shape index (κ3) is 1.59. The third-order valence-corrected chi connectivity index (χ3v) is 1.43. The van der Waals surface area contributed by atoms with Crippen LogP contribution in [0.25, 0.3) is 0 Å². The summed E-state index contributed by atoms with van der Waals surface area (Å²) in [4.78, 5) is 4.60. The van der Waals surface area contributed by atoms with Gasteiger partial charge in [0.2, 0.25) is 5.82 Å². The van der Waals surface area contributed by atoms with Crippen molar-refractivity contribution in [2.24, 2.45) is 5.73 Å². The molecule has 0 bridgehead atoms. The Morgan fingerprint density at radius 3 is 2.33 bits per heavy atom. The minimum Gasteiger partial charge on any atom is -0.352 e. The van der Waals surface area contributed by atoms with E-state index in [-0.39, 0.29) is 10.9 Å². The molecule has 0 aromatic heterocycles. The lowest BCUT2D eigenvalue weighted by Crippen LogP contribution is -3.04. The molecule has 1 heterocycles. The topological polar surface area (TPSA) is 39.7 Å². The average Bonchev–Trinajstić information content (AvgIpc) is 2.29. The van der Waals surface area contributed by atoms with Crippen LogP contribution in [0.3, 0.4) is 0 Å². The molecule has 1 rings (SSSR count). The number of halogens is 3. The third-order valence-electron chi connectivity index (χ3n) is 1.43. The Hall–Kier alpha value is -1.01. The second-order valence-electron chi connectivity index (χ2n) is 2.27. The van der Waals surface area contributed by atoms with Crippen LogP contribution < -0.4 is 10.8 Å². The molecule has 12 heavy (non-hydrogen) atoms. The van der Waals surface area contributed by atoms with E-state index < -0.39 is 11.7 Å². The van der Waals surface area contributed by atoms with E-state index in [4.69, 9.17) is 5.73 Å². The maximum Gasteiger partial charge on any atom is 0.421 e. The number of hydrogen-bond acceptors (Lipinski definition) is 2. The molecule has 68 valence electrons.